The minimum atomic E-state index is -0.383. The van der Waals surface area contributed by atoms with Crippen molar-refractivity contribution in [1.29, 1.82) is 0 Å². The molecule has 0 amide bonds. The summed E-state index contributed by atoms with van der Waals surface area (Å²) in [6, 6.07) is 14.2. The molecule has 2 aromatic carbocycles. The largest absolute Gasteiger partial charge is 0.325 e. The highest BCUT2D eigenvalue weighted by molar-refractivity contribution is 9.10. The zero-order valence-electron chi connectivity index (χ0n) is 9.17. The number of benzene rings is 2. The Kier molecular flexibility index (Phi) is 4.22. The van der Waals surface area contributed by atoms with Crippen LogP contribution < -0.4 is 4.72 Å². The molecule has 0 saturated heterocycles. The topological polar surface area (TPSA) is 55.2 Å². The van der Waals surface area contributed by atoms with Crippen molar-refractivity contribution in [3.63, 3.8) is 0 Å². The highest BCUT2D eigenvalue weighted by atomic mass is 79.9. The molecule has 0 unspecified atom stereocenters. The van der Waals surface area contributed by atoms with Gasteiger partial charge in [-0.05, 0) is 42.3 Å². The zero-order chi connectivity index (χ0) is 13.0. The van der Waals surface area contributed by atoms with Crippen LogP contribution in [0.1, 0.15) is 0 Å². The fourth-order valence-electron chi connectivity index (χ4n) is 1.33. The summed E-state index contributed by atoms with van der Waals surface area (Å²) in [5, 5.41) is 10.8. The Balaban J connectivity index is 2.10. The molecule has 18 heavy (non-hydrogen) atoms. The molecule has 2 aromatic rings. The van der Waals surface area contributed by atoms with Gasteiger partial charge >= 0.3 is 0 Å². The van der Waals surface area contributed by atoms with Crippen LogP contribution in [0.4, 0.5) is 11.4 Å². The summed E-state index contributed by atoms with van der Waals surface area (Å²) < 4.78 is 4.06. The first kappa shape index (κ1) is 12.9. The highest BCUT2D eigenvalue weighted by Crippen LogP contribution is 2.29. The van der Waals surface area contributed by atoms with Crippen LogP contribution in [0.3, 0.4) is 0 Å². The third-order valence-corrected chi connectivity index (χ3v) is 3.62. The van der Waals surface area contributed by atoms with Crippen LogP contribution in [0.2, 0.25) is 0 Å². The Morgan fingerprint density at radius 2 is 1.78 bits per heavy atom. The van der Waals surface area contributed by atoms with Crippen molar-refractivity contribution < 1.29 is 4.92 Å². The number of anilines is 1. The molecule has 0 atom stereocenters. The maximum absolute atomic E-state index is 10.8. The second kappa shape index (κ2) is 5.88. The number of rotatable bonds is 4. The molecule has 0 aliphatic carbocycles. The number of hydrogen-bond acceptors (Lipinski definition) is 4. The summed E-state index contributed by atoms with van der Waals surface area (Å²) in [4.78, 5) is 11.0. The van der Waals surface area contributed by atoms with Crippen LogP contribution in [-0.4, -0.2) is 4.92 Å². The Bertz CT molecular complexity index is 560. The number of hydrogen-bond donors (Lipinski definition) is 1. The molecule has 0 fully saturated rings. The lowest BCUT2D eigenvalue weighted by molar-refractivity contribution is -0.387. The summed E-state index contributed by atoms with van der Waals surface area (Å²) in [6.07, 6.45) is 0. The van der Waals surface area contributed by atoms with E-state index in [-0.39, 0.29) is 10.6 Å². The Morgan fingerprint density at radius 3 is 2.44 bits per heavy atom. The molecule has 0 bridgehead atoms. The summed E-state index contributed by atoms with van der Waals surface area (Å²) in [5.74, 6) is 0. The van der Waals surface area contributed by atoms with Gasteiger partial charge in [0.05, 0.1) is 4.92 Å². The van der Waals surface area contributed by atoms with Gasteiger partial charge in [0.2, 0.25) is 0 Å². The molecule has 0 radical (unpaired) electrons. The third kappa shape index (κ3) is 3.24. The van der Waals surface area contributed by atoms with Gasteiger partial charge in [-0.1, -0.05) is 28.1 Å². The third-order valence-electron chi connectivity index (χ3n) is 2.19. The van der Waals surface area contributed by atoms with Crippen LogP contribution in [0.25, 0.3) is 0 Å². The van der Waals surface area contributed by atoms with Crippen molar-refractivity contribution in [2.24, 2.45) is 0 Å². The van der Waals surface area contributed by atoms with Crippen LogP contribution in [0, 0.1) is 10.1 Å². The Labute approximate surface area is 117 Å². The second-order valence-electron chi connectivity index (χ2n) is 3.44. The van der Waals surface area contributed by atoms with Gasteiger partial charge in [-0.15, -0.1) is 0 Å². The van der Waals surface area contributed by atoms with E-state index >= 15 is 0 Å². The standard InChI is InChI=1S/C12H9BrN2O2S/c13-9-5-7-10(8-6-9)14-18-12-4-2-1-3-11(12)15(16)17/h1-8,14H. The summed E-state index contributed by atoms with van der Waals surface area (Å²) in [6.45, 7) is 0. The number of halogens is 1. The fourth-order valence-corrected chi connectivity index (χ4v) is 2.35. The Hall–Kier alpha value is -1.53. The van der Waals surface area contributed by atoms with E-state index in [1.54, 1.807) is 18.2 Å². The van der Waals surface area contributed by atoms with Gasteiger partial charge in [0, 0.05) is 16.2 Å². The molecule has 0 aromatic heterocycles. The summed E-state index contributed by atoms with van der Waals surface area (Å²) in [5.41, 5.74) is 0.994. The number of nitro benzene ring substituents is 1. The first-order valence-electron chi connectivity index (χ1n) is 5.08. The van der Waals surface area contributed by atoms with E-state index in [0.29, 0.717) is 4.90 Å². The van der Waals surface area contributed by atoms with Gasteiger partial charge in [-0.3, -0.25) is 10.1 Å². The van der Waals surface area contributed by atoms with E-state index in [4.69, 9.17) is 0 Å². The minimum absolute atomic E-state index is 0.104. The van der Waals surface area contributed by atoms with Crippen LogP contribution >= 0.6 is 27.9 Å². The summed E-state index contributed by atoms with van der Waals surface area (Å²) >= 11 is 4.58. The molecule has 0 aliphatic heterocycles. The van der Waals surface area contributed by atoms with E-state index in [2.05, 4.69) is 20.7 Å². The van der Waals surface area contributed by atoms with E-state index in [9.17, 15) is 10.1 Å². The van der Waals surface area contributed by atoms with Gasteiger partial charge < -0.3 is 4.72 Å². The molecular weight excluding hydrogens is 316 g/mol. The maximum atomic E-state index is 10.8. The predicted octanol–water partition coefficient (Wildman–Crippen LogP) is 4.48. The lowest BCUT2D eigenvalue weighted by Gasteiger charge is -2.05. The summed E-state index contributed by atoms with van der Waals surface area (Å²) in [7, 11) is 0. The average Bonchev–Trinajstić information content (AvgIpc) is 2.38. The lowest BCUT2D eigenvalue weighted by Crippen LogP contribution is -1.93. The predicted molar refractivity (Wildman–Crippen MR) is 76.7 cm³/mol. The SMILES string of the molecule is O=[N+]([O-])c1ccccc1SNc1ccc(Br)cc1. The number of nitro groups is 1. The monoisotopic (exact) mass is 324 g/mol. The Morgan fingerprint density at radius 1 is 1.11 bits per heavy atom. The number of nitrogens with one attached hydrogen (secondary N) is 1. The van der Waals surface area contributed by atoms with Gasteiger partial charge in [0.25, 0.3) is 5.69 Å². The molecule has 0 heterocycles. The van der Waals surface area contributed by atoms with Gasteiger partial charge in [-0.2, -0.15) is 0 Å². The maximum Gasteiger partial charge on any atom is 0.284 e. The number of nitrogens with zero attached hydrogens (tertiary/aromatic N) is 1. The lowest BCUT2D eigenvalue weighted by atomic mass is 10.3. The molecule has 0 aliphatic rings. The van der Waals surface area contributed by atoms with Gasteiger partial charge in [-0.25, -0.2) is 0 Å². The van der Waals surface area contributed by atoms with E-state index in [0.717, 1.165) is 10.2 Å². The molecule has 6 heteroatoms. The van der Waals surface area contributed by atoms with Crippen LogP contribution in [0.5, 0.6) is 0 Å². The smallest absolute Gasteiger partial charge is 0.284 e. The van der Waals surface area contributed by atoms with Gasteiger partial charge in [0.1, 0.15) is 4.90 Å². The molecule has 0 spiro atoms. The van der Waals surface area contributed by atoms with Crippen molar-refractivity contribution in [2.45, 2.75) is 4.90 Å². The van der Waals surface area contributed by atoms with E-state index in [1.807, 2.05) is 24.3 Å². The fraction of sp³-hybridized carbons (Fsp3) is 0. The van der Waals surface area contributed by atoms with Crippen molar-refractivity contribution in [3.05, 3.63) is 63.1 Å². The van der Waals surface area contributed by atoms with E-state index in [1.165, 1.54) is 18.0 Å². The quantitative estimate of drug-likeness (QED) is 0.512. The molecule has 92 valence electrons. The second-order valence-corrected chi connectivity index (χ2v) is 5.20. The van der Waals surface area contributed by atoms with Crippen LogP contribution in [0.15, 0.2) is 57.9 Å². The zero-order valence-corrected chi connectivity index (χ0v) is 11.6. The molecular formula is C12H9BrN2O2S. The first-order chi connectivity index (χ1) is 8.66. The molecule has 4 nitrogen and oxygen atoms in total. The average molecular weight is 325 g/mol. The van der Waals surface area contributed by atoms with Gasteiger partial charge in [0.15, 0.2) is 0 Å². The van der Waals surface area contributed by atoms with Crippen molar-refractivity contribution in [2.75, 3.05) is 4.72 Å². The van der Waals surface area contributed by atoms with Crippen molar-refractivity contribution in [3.8, 4) is 0 Å². The van der Waals surface area contributed by atoms with E-state index < -0.39 is 0 Å². The van der Waals surface area contributed by atoms with Crippen LogP contribution in [-0.2, 0) is 0 Å². The number of para-hydroxylation sites is 1. The molecule has 1 N–H and O–H groups in total. The molecule has 2 rings (SSSR count). The minimum Gasteiger partial charge on any atom is -0.325 e. The first-order valence-corrected chi connectivity index (χ1v) is 6.69. The van der Waals surface area contributed by atoms with Crippen molar-refractivity contribution >= 4 is 39.3 Å². The normalized spacial score (nSPS) is 10.1. The molecule has 0 saturated carbocycles. The highest BCUT2D eigenvalue weighted by Gasteiger charge is 2.12. The van der Waals surface area contributed by atoms with Crippen molar-refractivity contribution in [1.82, 2.24) is 0 Å².